The molecule has 0 amide bonds. The van der Waals surface area contributed by atoms with Crippen LogP contribution >= 0.6 is 0 Å². The van der Waals surface area contributed by atoms with E-state index in [4.69, 9.17) is 4.74 Å². The largest absolute Gasteiger partial charge is 0.481 e. The molecule has 0 aliphatic carbocycles. The first-order chi connectivity index (χ1) is 11.8. The van der Waals surface area contributed by atoms with Crippen LogP contribution in [0.2, 0.25) is 0 Å². The summed E-state index contributed by atoms with van der Waals surface area (Å²) >= 11 is 0. The molecule has 3 aromatic rings. The van der Waals surface area contributed by atoms with E-state index in [9.17, 15) is 0 Å². The smallest absolute Gasteiger partial charge is 0.218 e. The van der Waals surface area contributed by atoms with Crippen molar-refractivity contribution in [1.29, 1.82) is 0 Å². The molecule has 3 heterocycles. The Bertz CT molecular complexity index is 815. The first-order valence-corrected chi connectivity index (χ1v) is 8.48. The maximum atomic E-state index is 5.54. The Morgan fingerprint density at radius 2 is 2.25 bits per heavy atom. The Balaban J connectivity index is 1.57. The lowest BCUT2D eigenvalue weighted by Gasteiger charge is -2.32. The lowest BCUT2D eigenvalue weighted by Crippen LogP contribution is -2.34. The molecule has 1 unspecified atom stereocenters. The number of ether oxygens (including phenoxy) is 1. The highest BCUT2D eigenvalue weighted by Crippen LogP contribution is 2.28. The molecule has 1 aromatic carbocycles. The Hall–Kier alpha value is -2.40. The van der Waals surface area contributed by atoms with E-state index in [0.29, 0.717) is 5.92 Å². The van der Waals surface area contributed by atoms with Crippen molar-refractivity contribution in [3.63, 3.8) is 0 Å². The monoisotopic (exact) mass is 322 g/mol. The number of hydrogen-bond acceptors (Lipinski definition) is 4. The molecule has 24 heavy (non-hydrogen) atoms. The van der Waals surface area contributed by atoms with Crippen molar-refractivity contribution in [3.8, 4) is 5.88 Å². The molecular formula is C19H22N4O. The number of fused-ring (bicyclic) bond motifs is 1. The summed E-state index contributed by atoms with van der Waals surface area (Å²) in [5.41, 5.74) is 2.13. The van der Waals surface area contributed by atoms with E-state index in [0.717, 1.165) is 47.8 Å². The van der Waals surface area contributed by atoms with Crippen LogP contribution in [0.25, 0.3) is 10.9 Å². The molecule has 0 spiro atoms. The van der Waals surface area contributed by atoms with E-state index < -0.39 is 0 Å². The Morgan fingerprint density at radius 1 is 1.33 bits per heavy atom. The van der Waals surface area contributed by atoms with Gasteiger partial charge in [-0.3, -0.25) is 4.90 Å². The third-order valence-electron chi connectivity index (χ3n) is 4.76. The van der Waals surface area contributed by atoms with E-state index in [-0.39, 0.29) is 0 Å². The number of para-hydroxylation sites is 1. The second-order valence-electron chi connectivity index (χ2n) is 6.40. The highest BCUT2D eigenvalue weighted by Gasteiger charge is 2.24. The quantitative estimate of drug-likeness (QED) is 0.800. The molecule has 2 aromatic heterocycles. The highest BCUT2D eigenvalue weighted by atomic mass is 16.5. The van der Waals surface area contributed by atoms with Crippen LogP contribution < -0.4 is 4.74 Å². The van der Waals surface area contributed by atoms with Gasteiger partial charge in [-0.1, -0.05) is 18.2 Å². The molecular weight excluding hydrogens is 300 g/mol. The van der Waals surface area contributed by atoms with E-state index in [1.54, 1.807) is 7.11 Å². The number of hydrogen-bond donors (Lipinski definition) is 1. The zero-order valence-electron chi connectivity index (χ0n) is 13.9. The molecule has 5 heteroatoms. The van der Waals surface area contributed by atoms with Gasteiger partial charge >= 0.3 is 0 Å². The van der Waals surface area contributed by atoms with Crippen molar-refractivity contribution in [2.75, 3.05) is 20.2 Å². The van der Waals surface area contributed by atoms with Crippen LogP contribution in [0.4, 0.5) is 0 Å². The summed E-state index contributed by atoms with van der Waals surface area (Å²) in [5, 5.41) is 1.16. The summed E-state index contributed by atoms with van der Waals surface area (Å²) in [6.07, 6.45) is 6.13. The van der Waals surface area contributed by atoms with Crippen LogP contribution in [-0.2, 0) is 6.54 Å². The zero-order valence-corrected chi connectivity index (χ0v) is 13.9. The number of aromatic nitrogens is 3. The molecule has 1 fully saturated rings. The topological polar surface area (TPSA) is 54.0 Å². The average molecular weight is 322 g/mol. The minimum absolute atomic E-state index is 0.480. The molecule has 1 N–H and O–H groups in total. The molecule has 0 bridgehead atoms. The van der Waals surface area contributed by atoms with Crippen molar-refractivity contribution >= 4 is 10.9 Å². The molecule has 1 aliphatic heterocycles. The predicted molar refractivity (Wildman–Crippen MR) is 94.1 cm³/mol. The Labute approximate surface area is 141 Å². The molecule has 4 rings (SSSR count). The van der Waals surface area contributed by atoms with E-state index >= 15 is 0 Å². The van der Waals surface area contributed by atoms with Gasteiger partial charge in [0, 0.05) is 42.4 Å². The van der Waals surface area contributed by atoms with Crippen molar-refractivity contribution in [2.45, 2.75) is 25.3 Å². The van der Waals surface area contributed by atoms with Crippen LogP contribution in [0.15, 0.2) is 42.7 Å². The number of imidazole rings is 1. The summed E-state index contributed by atoms with van der Waals surface area (Å²) in [6.45, 7) is 2.98. The number of H-pyrrole nitrogens is 1. The zero-order chi connectivity index (χ0) is 16.4. The van der Waals surface area contributed by atoms with Crippen LogP contribution in [0.5, 0.6) is 5.88 Å². The van der Waals surface area contributed by atoms with E-state index in [1.165, 1.54) is 12.8 Å². The fraction of sp³-hybridized carbons (Fsp3) is 0.368. The van der Waals surface area contributed by atoms with Crippen molar-refractivity contribution in [2.24, 2.45) is 0 Å². The predicted octanol–water partition coefficient (Wildman–Crippen LogP) is 3.35. The minimum atomic E-state index is 0.480. The van der Waals surface area contributed by atoms with Gasteiger partial charge in [0.05, 0.1) is 12.6 Å². The minimum Gasteiger partial charge on any atom is -0.481 e. The Morgan fingerprint density at radius 3 is 3.08 bits per heavy atom. The summed E-state index contributed by atoms with van der Waals surface area (Å²) in [5.74, 6) is 2.31. The van der Waals surface area contributed by atoms with Crippen LogP contribution in [0.3, 0.4) is 0 Å². The first-order valence-electron chi connectivity index (χ1n) is 8.48. The number of rotatable bonds is 4. The van der Waals surface area contributed by atoms with Gasteiger partial charge in [-0.05, 0) is 31.5 Å². The molecule has 124 valence electrons. The molecule has 0 saturated carbocycles. The number of likely N-dealkylation sites (tertiary alicyclic amines) is 1. The maximum Gasteiger partial charge on any atom is 0.218 e. The third kappa shape index (κ3) is 2.99. The molecule has 0 radical (unpaired) electrons. The van der Waals surface area contributed by atoms with Gasteiger partial charge in [-0.25, -0.2) is 9.97 Å². The van der Waals surface area contributed by atoms with Crippen molar-refractivity contribution in [1.82, 2.24) is 19.9 Å². The molecule has 1 aliphatic rings. The van der Waals surface area contributed by atoms with Gasteiger partial charge in [0.15, 0.2) is 0 Å². The summed E-state index contributed by atoms with van der Waals surface area (Å²) < 4.78 is 5.54. The van der Waals surface area contributed by atoms with Crippen LogP contribution in [0.1, 0.15) is 30.1 Å². The number of nitrogens with zero attached hydrogens (tertiary/aromatic N) is 3. The van der Waals surface area contributed by atoms with Crippen molar-refractivity contribution < 1.29 is 4.74 Å². The lowest BCUT2D eigenvalue weighted by atomic mass is 9.97. The van der Waals surface area contributed by atoms with Crippen LogP contribution in [0, 0.1) is 0 Å². The van der Waals surface area contributed by atoms with Crippen molar-refractivity contribution in [3.05, 3.63) is 54.1 Å². The number of nitrogens with one attached hydrogen (secondary N) is 1. The maximum absolute atomic E-state index is 5.54. The summed E-state index contributed by atoms with van der Waals surface area (Å²) in [7, 11) is 1.70. The number of pyridine rings is 1. The van der Waals surface area contributed by atoms with Gasteiger partial charge in [0.1, 0.15) is 5.82 Å². The first kappa shape index (κ1) is 15.1. The number of benzene rings is 1. The van der Waals surface area contributed by atoms with E-state index in [1.807, 2.05) is 30.6 Å². The number of piperidine rings is 1. The summed E-state index contributed by atoms with van der Waals surface area (Å²) in [4.78, 5) is 14.8. The fourth-order valence-corrected chi connectivity index (χ4v) is 3.60. The molecule has 5 nitrogen and oxygen atoms in total. The van der Waals surface area contributed by atoms with Gasteiger partial charge in [-0.2, -0.15) is 0 Å². The molecule has 1 saturated heterocycles. The standard InChI is InChI=1S/C19H22N4O/c1-24-19-16(11-14-5-2-3-7-17(14)22-19)13-23-10-4-6-15(12-23)18-20-8-9-21-18/h2-3,5,7-9,11,15H,4,6,10,12-13H2,1H3,(H,20,21). The second-order valence-corrected chi connectivity index (χ2v) is 6.40. The average Bonchev–Trinajstić information content (AvgIpc) is 3.16. The fourth-order valence-electron chi connectivity index (χ4n) is 3.60. The Kier molecular flexibility index (Phi) is 4.17. The molecule has 1 atom stereocenters. The SMILES string of the molecule is COc1nc2ccccc2cc1CN1CCCC(c2ncc[nH]2)C1. The van der Waals surface area contributed by atoms with E-state index in [2.05, 4.69) is 32.0 Å². The number of methoxy groups -OCH3 is 1. The highest BCUT2D eigenvalue weighted by molar-refractivity contribution is 5.80. The lowest BCUT2D eigenvalue weighted by molar-refractivity contribution is 0.194. The normalized spacial score (nSPS) is 18.8. The third-order valence-corrected chi connectivity index (χ3v) is 4.76. The van der Waals surface area contributed by atoms with Gasteiger partial charge in [-0.15, -0.1) is 0 Å². The van der Waals surface area contributed by atoms with Gasteiger partial charge in [0.25, 0.3) is 0 Å². The number of aromatic amines is 1. The van der Waals surface area contributed by atoms with Gasteiger partial charge in [0.2, 0.25) is 5.88 Å². The van der Waals surface area contributed by atoms with Gasteiger partial charge < -0.3 is 9.72 Å². The second kappa shape index (κ2) is 6.61. The summed E-state index contributed by atoms with van der Waals surface area (Å²) in [6, 6.07) is 10.4. The van der Waals surface area contributed by atoms with Crippen LogP contribution in [-0.4, -0.2) is 40.1 Å².